The maximum Gasteiger partial charge on any atom is 0.182 e. The molecule has 0 fully saturated rings. The van der Waals surface area contributed by atoms with Crippen molar-refractivity contribution in [2.24, 2.45) is 0 Å². The standard InChI is InChI=1S/C13H14F2N4/c1-3-10-18-11(16-2)7-12(19-10)17-9-6-4-5-8(14)13(9)15/h4-7H,3H2,1-2H3,(H2,16,17,18,19). The second kappa shape index (κ2) is 5.60. The maximum absolute atomic E-state index is 13.6. The van der Waals surface area contributed by atoms with E-state index in [0.717, 1.165) is 6.07 Å². The van der Waals surface area contributed by atoms with E-state index in [1.54, 1.807) is 13.1 Å². The molecular formula is C13H14F2N4. The molecule has 0 unspecified atom stereocenters. The Bertz CT molecular complexity index is 565. The number of nitrogens with zero attached hydrogens (tertiary/aromatic N) is 2. The van der Waals surface area contributed by atoms with Crippen molar-refractivity contribution in [2.75, 3.05) is 17.7 Å². The molecule has 1 aromatic heterocycles. The van der Waals surface area contributed by atoms with E-state index in [2.05, 4.69) is 20.6 Å². The van der Waals surface area contributed by atoms with Gasteiger partial charge in [-0.25, -0.2) is 18.7 Å². The van der Waals surface area contributed by atoms with Gasteiger partial charge in [-0.3, -0.25) is 0 Å². The van der Waals surface area contributed by atoms with E-state index in [-0.39, 0.29) is 5.69 Å². The van der Waals surface area contributed by atoms with Crippen molar-refractivity contribution < 1.29 is 8.78 Å². The second-order valence-electron chi connectivity index (χ2n) is 3.88. The van der Waals surface area contributed by atoms with Crippen molar-refractivity contribution in [1.29, 1.82) is 0 Å². The molecule has 0 aliphatic heterocycles. The Balaban J connectivity index is 2.34. The molecule has 2 N–H and O–H groups in total. The highest BCUT2D eigenvalue weighted by Gasteiger charge is 2.09. The van der Waals surface area contributed by atoms with Gasteiger partial charge >= 0.3 is 0 Å². The quantitative estimate of drug-likeness (QED) is 0.891. The number of benzene rings is 1. The summed E-state index contributed by atoms with van der Waals surface area (Å²) in [6.45, 7) is 1.92. The highest BCUT2D eigenvalue weighted by atomic mass is 19.2. The number of rotatable bonds is 4. The first-order valence-electron chi connectivity index (χ1n) is 5.90. The number of hydrogen-bond acceptors (Lipinski definition) is 4. The van der Waals surface area contributed by atoms with Crippen molar-refractivity contribution in [2.45, 2.75) is 13.3 Å². The molecule has 19 heavy (non-hydrogen) atoms. The lowest BCUT2D eigenvalue weighted by Gasteiger charge is -2.10. The molecule has 0 aliphatic rings. The third-order valence-electron chi connectivity index (χ3n) is 2.56. The van der Waals surface area contributed by atoms with Crippen molar-refractivity contribution in [3.8, 4) is 0 Å². The molecule has 1 heterocycles. The van der Waals surface area contributed by atoms with E-state index >= 15 is 0 Å². The van der Waals surface area contributed by atoms with Crippen LogP contribution >= 0.6 is 0 Å². The van der Waals surface area contributed by atoms with Gasteiger partial charge in [0.1, 0.15) is 17.5 Å². The molecule has 2 rings (SSSR count). The minimum Gasteiger partial charge on any atom is -0.373 e. The van der Waals surface area contributed by atoms with Crippen molar-refractivity contribution in [3.63, 3.8) is 0 Å². The van der Waals surface area contributed by atoms with Gasteiger partial charge in [-0.2, -0.15) is 0 Å². The largest absolute Gasteiger partial charge is 0.373 e. The molecule has 2 aromatic rings. The lowest BCUT2D eigenvalue weighted by molar-refractivity contribution is 0.511. The minimum absolute atomic E-state index is 0.0443. The van der Waals surface area contributed by atoms with Crippen molar-refractivity contribution in [3.05, 3.63) is 41.7 Å². The van der Waals surface area contributed by atoms with Crippen LogP contribution in [0.2, 0.25) is 0 Å². The molecule has 0 atom stereocenters. The summed E-state index contributed by atoms with van der Waals surface area (Å²) in [5.74, 6) is -0.174. The van der Waals surface area contributed by atoms with E-state index in [0.29, 0.717) is 23.9 Å². The Morgan fingerprint density at radius 2 is 1.89 bits per heavy atom. The lowest BCUT2D eigenvalue weighted by atomic mass is 10.3. The van der Waals surface area contributed by atoms with E-state index < -0.39 is 11.6 Å². The Morgan fingerprint density at radius 3 is 2.58 bits per heavy atom. The van der Waals surface area contributed by atoms with E-state index in [1.807, 2.05) is 6.92 Å². The van der Waals surface area contributed by atoms with Crippen molar-refractivity contribution in [1.82, 2.24) is 9.97 Å². The van der Waals surface area contributed by atoms with Crippen LogP contribution in [0.3, 0.4) is 0 Å². The fourth-order valence-electron chi connectivity index (χ4n) is 1.59. The van der Waals surface area contributed by atoms with E-state index in [1.165, 1.54) is 12.1 Å². The molecular weight excluding hydrogens is 250 g/mol. The highest BCUT2D eigenvalue weighted by molar-refractivity contribution is 5.59. The molecule has 0 saturated heterocycles. The zero-order chi connectivity index (χ0) is 13.8. The summed E-state index contributed by atoms with van der Waals surface area (Å²) in [7, 11) is 1.73. The zero-order valence-corrected chi connectivity index (χ0v) is 10.7. The summed E-state index contributed by atoms with van der Waals surface area (Å²) in [5.41, 5.74) is 0.0443. The predicted octanol–water partition coefficient (Wildman–Crippen LogP) is 3.10. The summed E-state index contributed by atoms with van der Waals surface area (Å²) in [6, 6.07) is 5.58. The monoisotopic (exact) mass is 264 g/mol. The fourth-order valence-corrected chi connectivity index (χ4v) is 1.59. The van der Waals surface area contributed by atoms with Crippen LogP contribution in [0.25, 0.3) is 0 Å². The van der Waals surface area contributed by atoms with Crippen LogP contribution in [-0.4, -0.2) is 17.0 Å². The van der Waals surface area contributed by atoms with Gasteiger partial charge in [-0.1, -0.05) is 13.0 Å². The zero-order valence-electron chi connectivity index (χ0n) is 10.7. The molecule has 100 valence electrons. The number of hydrogen-bond donors (Lipinski definition) is 2. The minimum atomic E-state index is -0.926. The van der Waals surface area contributed by atoms with Gasteiger partial charge in [-0.15, -0.1) is 0 Å². The normalized spacial score (nSPS) is 10.3. The van der Waals surface area contributed by atoms with Crippen LogP contribution in [0.15, 0.2) is 24.3 Å². The lowest BCUT2D eigenvalue weighted by Crippen LogP contribution is -2.04. The average Bonchev–Trinajstić information content (AvgIpc) is 2.43. The van der Waals surface area contributed by atoms with Gasteiger partial charge in [-0.05, 0) is 12.1 Å². The molecule has 0 radical (unpaired) electrons. The fraction of sp³-hybridized carbons (Fsp3) is 0.231. The second-order valence-corrected chi connectivity index (χ2v) is 3.88. The van der Waals surface area contributed by atoms with Crippen LogP contribution < -0.4 is 10.6 Å². The number of anilines is 3. The van der Waals surface area contributed by atoms with Gasteiger partial charge in [0, 0.05) is 19.5 Å². The van der Waals surface area contributed by atoms with E-state index in [9.17, 15) is 8.78 Å². The number of nitrogens with one attached hydrogen (secondary N) is 2. The van der Waals surface area contributed by atoms with Crippen LogP contribution in [0.5, 0.6) is 0 Å². The molecule has 0 saturated carbocycles. The van der Waals surface area contributed by atoms with Gasteiger partial charge in [0.25, 0.3) is 0 Å². The summed E-state index contributed by atoms with van der Waals surface area (Å²) < 4.78 is 26.7. The average molecular weight is 264 g/mol. The smallest absolute Gasteiger partial charge is 0.182 e. The van der Waals surface area contributed by atoms with E-state index in [4.69, 9.17) is 0 Å². The number of aryl methyl sites for hydroxylation is 1. The van der Waals surface area contributed by atoms with Crippen LogP contribution in [0.1, 0.15) is 12.7 Å². The molecule has 4 nitrogen and oxygen atoms in total. The van der Waals surface area contributed by atoms with Gasteiger partial charge in [0.2, 0.25) is 0 Å². The third kappa shape index (κ3) is 2.96. The molecule has 0 bridgehead atoms. The first-order chi connectivity index (χ1) is 9.13. The van der Waals surface area contributed by atoms with Gasteiger partial charge < -0.3 is 10.6 Å². The highest BCUT2D eigenvalue weighted by Crippen LogP contribution is 2.22. The first-order valence-corrected chi connectivity index (χ1v) is 5.90. The predicted molar refractivity (Wildman–Crippen MR) is 70.6 cm³/mol. The Hall–Kier alpha value is -2.24. The van der Waals surface area contributed by atoms with Gasteiger partial charge in [0.05, 0.1) is 5.69 Å². The molecule has 1 aromatic carbocycles. The molecule has 0 amide bonds. The topological polar surface area (TPSA) is 49.8 Å². The van der Waals surface area contributed by atoms with Crippen LogP contribution in [0.4, 0.5) is 26.1 Å². The van der Waals surface area contributed by atoms with Gasteiger partial charge in [0.15, 0.2) is 11.6 Å². The summed E-state index contributed by atoms with van der Waals surface area (Å²) >= 11 is 0. The van der Waals surface area contributed by atoms with Crippen LogP contribution in [-0.2, 0) is 6.42 Å². The molecule has 6 heteroatoms. The Kier molecular flexibility index (Phi) is 3.89. The third-order valence-corrected chi connectivity index (χ3v) is 2.56. The Labute approximate surface area is 109 Å². The van der Waals surface area contributed by atoms with Crippen molar-refractivity contribution >= 4 is 17.3 Å². The SMILES string of the molecule is CCc1nc(NC)cc(Nc2cccc(F)c2F)n1. The Morgan fingerprint density at radius 1 is 1.16 bits per heavy atom. The maximum atomic E-state index is 13.6. The summed E-state index contributed by atoms with van der Waals surface area (Å²) in [4.78, 5) is 8.44. The summed E-state index contributed by atoms with van der Waals surface area (Å²) in [6.07, 6.45) is 0.649. The first kappa shape index (κ1) is 13.2. The molecule has 0 spiro atoms. The number of aromatic nitrogens is 2. The number of halogens is 2. The summed E-state index contributed by atoms with van der Waals surface area (Å²) in [5, 5.41) is 5.65. The molecule has 0 aliphatic carbocycles. The van der Waals surface area contributed by atoms with Crippen LogP contribution in [0, 0.1) is 11.6 Å².